The second-order valence-corrected chi connectivity index (χ2v) is 6.46. The number of carbonyl (C=O) groups excluding carboxylic acids is 2. The standard InChI is InChI=1S/C10H12N4O4S/c15-9-1-2-10(16)14(9)7-4-13(5-7)19(17,18)8-3-11-6-12-8/h3,6-7H,1-2,4-5H2,(H,11,12). The molecule has 0 aromatic carbocycles. The average molecular weight is 284 g/mol. The van der Waals surface area contributed by atoms with Crippen LogP contribution in [0.25, 0.3) is 0 Å². The molecule has 2 amide bonds. The minimum absolute atomic E-state index is 0.0185. The fourth-order valence-electron chi connectivity index (χ4n) is 2.30. The number of aromatic nitrogens is 2. The number of likely N-dealkylation sites (tertiary alicyclic amines) is 1. The predicted molar refractivity (Wildman–Crippen MR) is 62.2 cm³/mol. The van der Waals surface area contributed by atoms with Crippen LogP contribution in [0.5, 0.6) is 0 Å². The van der Waals surface area contributed by atoms with Gasteiger partial charge in [-0.3, -0.25) is 14.5 Å². The molecule has 8 nitrogen and oxygen atoms in total. The Hall–Kier alpha value is -1.74. The second-order valence-electron chi connectivity index (χ2n) is 4.55. The van der Waals surface area contributed by atoms with Gasteiger partial charge in [0.15, 0.2) is 5.03 Å². The third-order valence-corrected chi connectivity index (χ3v) is 5.13. The molecule has 0 atom stereocenters. The normalized spacial score (nSPS) is 22.0. The summed E-state index contributed by atoms with van der Waals surface area (Å²) in [5.74, 6) is -0.429. The maximum Gasteiger partial charge on any atom is 0.260 e. The lowest BCUT2D eigenvalue weighted by molar-refractivity contribution is -0.143. The number of sulfonamides is 1. The van der Waals surface area contributed by atoms with E-state index in [2.05, 4.69) is 9.97 Å². The van der Waals surface area contributed by atoms with Crippen molar-refractivity contribution in [3.63, 3.8) is 0 Å². The van der Waals surface area contributed by atoms with Gasteiger partial charge in [0.1, 0.15) is 0 Å². The van der Waals surface area contributed by atoms with Crippen LogP contribution in [0.1, 0.15) is 12.8 Å². The number of imidazole rings is 1. The summed E-state index contributed by atoms with van der Waals surface area (Å²) < 4.78 is 25.4. The molecule has 19 heavy (non-hydrogen) atoms. The van der Waals surface area contributed by atoms with Crippen molar-refractivity contribution in [3.8, 4) is 0 Å². The van der Waals surface area contributed by atoms with Crippen LogP contribution in [-0.2, 0) is 19.6 Å². The molecule has 0 spiro atoms. The summed E-state index contributed by atoms with van der Waals surface area (Å²) in [6, 6.07) is -0.333. The zero-order chi connectivity index (χ0) is 13.6. The number of rotatable bonds is 3. The Morgan fingerprint density at radius 1 is 1.21 bits per heavy atom. The van der Waals surface area contributed by atoms with Gasteiger partial charge in [0.05, 0.1) is 18.6 Å². The van der Waals surface area contributed by atoms with Crippen LogP contribution < -0.4 is 0 Å². The number of nitrogens with zero attached hydrogens (tertiary/aromatic N) is 3. The van der Waals surface area contributed by atoms with E-state index in [-0.39, 0.29) is 48.8 Å². The molecule has 9 heteroatoms. The number of nitrogens with one attached hydrogen (secondary N) is 1. The highest BCUT2D eigenvalue weighted by atomic mass is 32.2. The monoisotopic (exact) mass is 284 g/mol. The highest BCUT2D eigenvalue weighted by Crippen LogP contribution is 2.26. The lowest BCUT2D eigenvalue weighted by Gasteiger charge is -2.41. The van der Waals surface area contributed by atoms with Crippen LogP contribution >= 0.6 is 0 Å². The van der Waals surface area contributed by atoms with Crippen LogP contribution in [0.3, 0.4) is 0 Å². The minimum Gasteiger partial charge on any atom is -0.335 e. The number of carbonyl (C=O) groups is 2. The molecule has 2 aliphatic rings. The van der Waals surface area contributed by atoms with E-state index in [0.29, 0.717) is 0 Å². The third kappa shape index (κ3) is 1.85. The van der Waals surface area contributed by atoms with Gasteiger partial charge in [-0.25, -0.2) is 13.4 Å². The maximum atomic E-state index is 12.1. The number of aromatic amines is 1. The summed E-state index contributed by atoms with van der Waals surface area (Å²) in [5, 5.41) is 0.0185. The lowest BCUT2D eigenvalue weighted by atomic mass is 10.1. The summed E-state index contributed by atoms with van der Waals surface area (Å²) in [4.78, 5) is 30.5. The van der Waals surface area contributed by atoms with Crippen LogP contribution in [0.2, 0.25) is 0 Å². The van der Waals surface area contributed by atoms with Crippen molar-refractivity contribution in [2.75, 3.05) is 13.1 Å². The van der Waals surface area contributed by atoms with Crippen molar-refractivity contribution in [2.45, 2.75) is 23.9 Å². The van der Waals surface area contributed by atoms with E-state index in [9.17, 15) is 18.0 Å². The SMILES string of the molecule is O=C1CCC(=O)N1C1CN(S(=O)(=O)c2cnc[nH]2)C1. The van der Waals surface area contributed by atoms with E-state index < -0.39 is 10.0 Å². The van der Waals surface area contributed by atoms with E-state index in [1.807, 2.05) is 0 Å². The van der Waals surface area contributed by atoms with Crippen LogP contribution in [0.4, 0.5) is 0 Å². The Morgan fingerprint density at radius 2 is 1.84 bits per heavy atom. The van der Waals surface area contributed by atoms with Gasteiger partial charge in [0, 0.05) is 25.9 Å². The minimum atomic E-state index is -3.59. The quantitative estimate of drug-likeness (QED) is 0.712. The zero-order valence-electron chi connectivity index (χ0n) is 9.94. The number of imide groups is 1. The van der Waals surface area contributed by atoms with Crippen LogP contribution in [0, 0.1) is 0 Å². The van der Waals surface area contributed by atoms with Gasteiger partial charge in [-0.05, 0) is 0 Å². The highest BCUT2D eigenvalue weighted by Gasteiger charge is 2.45. The molecule has 1 aromatic rings. The molecule has 0 bridgehead atoms. The van der Waals surface area contributed by atoms with Crippen molar-refractivity contribution in [2.24, 2.45) is 0 Å². The van der Waals surface area contributed by atoms with E-state index >= 15 is 0 Å². The van der Waals surface area contributed by atoms with Crippen LogP contribution in [-0.4, -0.2) is 58.5 Å². The molecular formula is C10H12N4O4S. The first kappa shape index (κ1) is 12.3. The smallest absolute Gasteiger partial charge is 0.260 e. The van der Waals surface area contributed by atoms with Crippen molar-refractivity contribution >= 4 is 21.8 Å². The Balaban J connectivity index is 1.71. The average Bonchev–Trinajstić information content (AvgIpc) is 2.91. The molecule has 102 valence electrons. The zero-order valence-corrected chi connectivity index (χ0v) is 10.8. The van der Waals surface area contributed by atoms with Crippen molar-refractivity contribution in [3.05, 3.63) is 12.5 Å². The number of H-pyrrole nitrogens is 1. The summed E-state index contributed by atoms with van der Waals surface area (Å²) >= 11 is 0. The van der Waals surface area contributed by atoms with E-state index in [4.69, 9.17) is 0 Å². The molecule has 1 aromatic heterocycles. The lowest BCUT2D eigenvalue weighted by Crippen LogP contribution is -2.62. The Morgan fingerprint density at radius 3 is 2.37 bits per heavy atom. The van der Waals surface area contributed by atoms with E-state index in [1.54, 1.807) is 0 Å². The topological polar surface area (TPSA) is 103 Å². The van der Waals surface area contributed by atoms with Gasteiger partial charge in [-0.2, -0.15) is 4.31 Å². The first-order chi connectivity index (χ1) is 9.00. The molecule has 0 unspecified atom stereocenters. The van der Waals surface area contributed by atoms with Gasteiger partial charge in [0.2, 0.25) is 11.8 Å². The van der Waals surface area contributed by atoms with Crippen LogP contribution in [0.15, 0.2) is 17.6 Å². The van der Waals surface area contributed by atoms with Crippen molar-refractivity contribution in [1.29, 1.82) is 0 Å². The molecular weight excluding hydrogens is 272 g/mol. The molecule has 2 aliphatic heterocycles. The highest BCUT2D eigenvalue weighted by molar-refractivity contribution is 7.89. The summed E-state index contributed by atoms with van der Waals surface area (Å²) in [7, 11) is -3.59. The van der Waals surface area contributed by atoms with E-state index in [0.717, 1.165) is 0 Å². The van der Waals surface area contributed by atoms with Gasteiger partial charge < -0.3 is 4.98 Å². The Kier molecular flexibility index (Phi) is 2.68. The second kappa shape index (κ2) is 4.14. The van der Waals surface area contributed by atoms with Gasteiger partial charge in [0.25, 0.3) is 10.0 Å². The third-order valence-electron chi connectivity index (χ3n) is 3.37. The molecule has 0 aliphatic carbocycles. The fraction of sp³-hybridized carbons (Fsp3) is 0.500. The maximum absolute atomic E-state index is 12.1. The molecule has 3 rings (SSSR count). The van der Waals surface area contributed by atoms with Crippen molar-refractivity contribution in [1.82, 2.24) is 19.2 Å². The molecule has 2 fully saturated rings. The molecule has 0 radical (unpaired) electrons. The number of hydrogen-bond acceptors (Lipinski definition) is 5. The molecule has 0 saturated carbocycles. The van der Waals surface area contributed by atoms with Gasteiger partial charge in [-0.1, -0.05) is 0 Å². The first-order valence-corrected chi connectivity index (χ1v) is 7.27. The number of amides is 2. The fourth-order valence-corrected chi connectivity index (χ4v) is 3.71. The Bertz CT molecular complexity index is 602. The number of hydrogen-bond donors (Lipinski definition) is 1. The predicted octanol–water partition coefficient (Wildman–Crippen LogP) is -1.07. The largest absolute Gasteiger partial charge is 0.335 e. The Labute approximate surface area is 109 Å². The van der Waals surface area contributed by atoms with Gasteiger partial charge in [-0.15, -0.1) is 0 Å². The van der Waals surface area contributed by atoms with E-state index in [1.165, 1.54) is 21.7 Å². The summed E-state index contributed by atoms with van der Waals surface area (Å²) in [5.41, 5.74) is 0. The summed E-state index contributed by atoms with van der Waals surface area (Å²) in [6.07, 6.45) is 2.97. The van der Waals surface area contributed by atoms with Crippen molar-refractivity contribution < 1.29 is 18.0 Å². The molecule has 2 saturated heterocycles. The van der Waals surface area contributed by atoms with Gasteiger partial charge >= 0.3 is 0 Å². The summed E-state index contributed by atoms with van der Waals surface area (Å²) in [6.45, 7) is 0.303. The molecule has 1 N–H and O–H groups in total. The first-order valence-electron chi connectivity index (χ1n) is 5.83. The molecule has 3 heterocycles.